The predicted octanol–water partition coefficient (Wildman–Crippen LogP) is 2.07. The molecule has 184 valence electrons. The molecule has 2 atom stereocenters. The first-order valence-electron chi connectivity index (χ1n) is 12.3. The van der Waals surface area contributed by atoms with Gasteiger partial charge in [-0.05, 0) is 49.4 Å². The number of hydrogen-bond donors (Lipinski definition) is 2. The largest absolute Gasteiger partial charge is 0.352 e. The first kappa shape index (κ1) is 23.7. The number of benzene rings is 1. The van der Waals surface area contributed by atoms with Crippen LogP contribution < -0.4 is 10.6 Å². The van der Waals surface area contributed by atoms with E-state index in [0.717, 1.165) is 55.1 Å². The van der Waals surface area contributed by atoms with Gasteiger partial charge in [-0.15, -0.1) is 0 Å². The summed E-state index contributed by atoms with van der Waals surface area (Å²) in [5.74, 6) is -0.233. The van der Waals surface area contributed by atoms with Crippen molar-refractivity contribution in [1.82, 2.24) is 30.3 Å². The van der Waals surface area contributed by atoms with Gasteiger partial charge in [0.25, 0.3) is 5.91 Å². The second-order valence-corrected chi connectivity index (χ2v) is 9.57. The second kappa shape index (κ2) is 10.3. The van der Waals surface area contributed by atoms with Gasteiger partial charge in [0.05, 0.1) is 11.7 Å². The van der Waals surface area contributed by atoms with Gasteiger partial charge < -0.3 is 15.1 Å². The number of piperazine rings is 1. The molecule has 1 aromatic heterocycles. The lowest BCUT2D eigenvalue weighted by Gasteiger charge is -2.32. The standard InChI is InChI=1S/C27H33FN6O/c1-19-16-20(6-8-24(19)28)25-23(4-3-9-29-25)21-5-7-22-17-31-26(34(22)18-21)27(35)30-10-11-33-14-12-32(2)13-15-33/h3-9,16,18,22,26,31H,10-15,17H2,1-2H3,(H,30,35). The molecule has 2 fully saturated rings. The van der Waals surface area contributed by atoms with Crippen LogP contribution in [-0.2, 0) is 4.79 Å². The summed E-state index contributed by atoms with van der Waals surface area (Å²) in [6, 6.07) is 9.12. The molecule has 3 aliphatic heterocycles. The number of nitrogens with one attached hydrogen (secondary N) is 2. The number of allylic oxidation sites excluding steroid dienone is 2. The Morgan fingerprint density at radius 3 is 2.86 bits per heavy atom. The molecular formula is C27H33FN6O. The van der Waals surface area contributed by atoms with Gasteiger partial charge in [-0.3, -0.25) is 20.0 Å². The SMILES string of the molecule is Cc1cc(-c2ncccc2C2=CN3C(C=C2)CNC3C(=O)NCCN2CCN(C)CC2)ccc1F. The molecule has 2 N–H and O–H groups in total. The van der Waals surface area contributed by atoms with Gasteiger partial charge >= 0.3 is 0 Å². The van der Waals surface area contributed by atoms with E-state index in [1.807, 2.05) is 24.4 Å². The van der Waals surface area contributed by atoms with Gasteiger partial charge in [0.15, 0.2) is 6.17 Å². The van der Waals surface area contributed by atoms with E-state index < -0.39 is 6.17 Å². The summed E-state index contributed by atoms with van der Waals surface area (Å²) >= 11 is 0. The van der Waals surface area contributed by atoms with Crippen molar-refractivity contribution in [3.05, 3.63) is 71.8 Å². The molecule has 4 heterocycles. The molecule has 1 amide bonds. The van der Waals surface area contributed by atoms with E-state index in [4.69, 9.17) is 0 Å². The molecule has 0 aliphatic carbocycles. The minimum Gasteiger partial charge on any atom is -0.352 e. The first-order chi connectivity index (χ1) is 17.0. The number of fused-ring (bicyclic) bond motifs is 1. The Labute approximate surface area is 206 Å². The van der Waals surface area contributed by atoms with Crippen molar-refractivity contribution in [1.29, 1.82) is 0 Å². The molecule has 2 aromatic rings. The number of pyridine rings is 1. The minimum atomic E-state index is -0.416. The average molecular weight is 477 g/mol. The van der Waals surface area contributed by atoms with E-state index >= 15 is 0 Å². The van der Waals surface area contributed by atoms with Gasteiger partial charge in [-0.2, -0.15) is 0 Å². The van der Waals surface area contributed by atoms with Crippen LogP contribution in [0.4, 0.5) is 4.39 Å². The predicted molar refractivity (Wildman–Crippen MR) is 136 cm³/mol. The molecule has 0 saturated carbocycles. The van der Waals surface area contributed by atoms with Crippen LogP contribution in [0, 0.1) is 12.7 Å². The van der Waals surface area contributed by atoms with E-state index in [2.05, 4.69) is 49.5 Å². The summed E-state index contributed by atoms with van der Waals surface area (Å²) in [6.07, 6.45) is 7.61. The smallest absolute Gasteiger partial charge is 0.257 e. The summed E-state index contributed by atoms with van der Waals surface area (Å²) < 4.78 is 13.8. The summed E-state index contributed by atoms with van der Waals surface area (Å²) in [7, 11) is 2.14. The fourth-order valence-electron chi connectivity index (χ4n) is 4.94. The average Bonchev–Trinajstić information content (AvgIpc) is 3.30. The third kappa shape index (κ3) is 5.15. The highest BCUT2D eigenvalue weighted by Gasteiger charge is 2.36. The summed E-state index contributed by atoms with van der Waals surface area (Å²) in [5, 5.41) is 6.49. The maximum atomic E-state index is 13.8. The number of amides is 1. The van der Waals surface area contributed by atoms with Crippen LogP contribution in [0.2, 0.25) is 0 Å². The quantitative estimate of drug-likeness (QED) is 0.666. The van der Waals surface area contributed by atoms with Crippen molar-refractivity contribution in [3.8, 4) is 11.3 Å². The van der Waals surface area contributed by atoms with Gasteiger partial charge in [-0.1, -0.05) is 18.2 Å². The van der Waals surface area contributed by atoms with Crippen LogP contribution in [0.5, 0.6) is 0 Å². The zero-order chi connectivity index (χ0) is 24.4. The minimum absolute atomic E-state index is 0.00639. The van der Waals surface area contributed by atoms with E-state index in [1.54, 1.807) is 19.2 Å². The number of carbonyl (C=O) groups is 1. The number of hydrogen-bond acceptors (Lipinski definition) is 6. The Balaban J connectivity index is 1.29. The molecule has 7 nitrogen and oxygen atoms in total. The molecular weight excluding hydrogens is 443 g/mol. The number of rotatable bonds is 6. The van der Waals surface area contributed by atoms with Gasteiger partial charge in [-0.25, -0.2) is 4.39 Å². The van der Waals surface area contributed by atoms with Crippen molar-refractivity contribution in [2.24, 2.45) is 0 Å². The van der Waals surface area contributed by atoms with Crippen LogP contribution >= 0.6 is 0 Å². The zero-order valence-electron chi connectivity index (χ0n) is 20.4. The lowest BCUT2D eigenvalue weighted by atomic mass is 9.96. The van der Waals surface area contributed by atoms with Crippen molar-refractivity contribution >= 4 is 11.5 Å². The topological polar surface area (TPSA) is 63.7 Å². The Morgan fingerprint density at radius 1 is 1.23 bits per heavy atom. The second-order valence-electron chi connectivity index (χ2n) is 9.57. The Bertz CT molecular complexity index is 1140. The van der Waals surface area contributed by atoms with Gasteiger partial charge in [0.1, 0.15) is 5.82 Å². The zero-order valence-corrected chi connectivity index (χ0v) is 20.4. The highest BCUT2D eigenvalue weighted by atomic mass is 19.1. The summed E-state index contributed by atoms with van der Waals surface area (Å²) in [5.41, 5.74) is 4.18. The van der Waals surface area contributed by atoms with Crippen LogP contribution in [0.15, 0.2) is 54.9 Å². The van der Waals surface area contributed by atoms with E-state index in [1.165, 1.54) is 6.07 Å². The number of aromatic nitrogens is 1. The van der Waals surface area contributed by atoms with Gasteiger partial charge in [0, 0.05) is 69.3 Å². The molecule has 35 heavy (non-hydrogen) atoms. The molecule has 3 aliphatic rings. The summed E-state index contributed by atoms with van der Waals surface area (Å²) in [6.45, 7) is 8.21. The number of nitrogens with zero attached hydrogens (tertiary/aromatic N) is 4. The lowest BCUT2D eigenvalue weighted by molar-refractivity contribution is -0.125. The van der Waals surface area contributed by atoms with Crippen molar-refractivity contribution < 1.29 is 9.18 Å². The van der Waals surface area contributed by atoms with Crippen LogP contribution in [-0.4, -0.2) is 90.7 Å². The van der Waals surface area contributed by atoms with E-state index in [0.29, 0.717) is 18.7 Å². The normalized spacial score (nSPS) is 22.7. The Kier molecular flexibility index (Phi) is 6.95. The molecule has 2 unspecified atom stereocenters. The number of halogens is 1. The summed E-state index contributed by atoms with van der Waals surface area (Å²) in [4.78, 5) is 24.5. The molecule has 0 spiro atoms. The maximum Gasteiger partial charge on any atom is 0.257 e. The van der Waals surface area contributed by atoms with Crippen LogP contribution in [0.25, 0.3) is 16.8 Å². The fourth-order valence-corrected chi connectivity index (χ4v) is 4.94. The van der Waals surface area contributed by atoms with E-state index in [-0.39, 0.29) is 17.8 Å². The van der Waals surface area contributed by atoms with Crippen molar-refractivity contribution in [2.45, 2.75) is 19.1 Å². The highest BCUT2D eigenvalue weighted by Crippen LogP contribution is 2.32. The first-order valence-corrected chi connectivity index (χ1v) is 12.3. The Morgan fingerprint density at radius 2 is 2.06 bits per heavy atom. The molecule has 0 bridgehead atoms. The fraction of sp³-hybridized carbons (Fsp3) is 0.407. The number of aryl methyl sites for hydroxylation is 1. The maximum absolute atomic E-state index is 13.8. The molecule has 5 rings (SSSR count). The van der Waals surface area contributed by atoms with Gasteiger partial charge in [0.2, 0.25) is 0 Å². The molecule has 8 heteroatoms. The monoisotopic (exact) mass is 476 g/mol. The van der Waals surface area contributed by atoms with Crippen molar-refractivity contribution in [3.63, 3.8) is 0 Å². The Hall–Kier alpha value is -3.07. The molecule has 2 saturated heterocycles. The van der Waals surface area contributed by atoms with Crippen LogP contribution in [0.1, 0.15) is 11.1 Å². The van der Waals surface area contributed by atoms with E-state index in [9.17, 15) is 9.18 Å². The van der Waals surface area contributed by atoms with Crippen LogP contribution in [0.3, 0.4) is 0 Å². The number of likely N-dealkylation sites (N-methyl/N-ethyl adjacent to an activating group) is 1. The highest BCUT2D eigenvalue weighted by molar-refractivity contribution is 5.86. The molecule has 0 radical (unpaired) electrons. The lowest BCUT2D eigenvalue weighted by Crippen LogP contribution is -2.51. The van der Waals surface area contributed by atoms with Crippen molar-refractivity contribution in [2.75, 3.05) is 52.9 Å². The third-order valence-corrected chi connectivity index (χ3v) is 7.11. The molecule has 1 aromatic carbocycles. The third-order valence-electron chi connectivity index (χ3n) is 7.11. The number of carbonyl (C=O) groups excluding carboxylic acids is 1.